The second kappa shape index (κ2) is 7.59. The molecule has 0 spiro atoms. The number of nitrogens with zero attached hydrogens (tertiary/aromatic N) is 2. The number of nitrogens with one attached hydrogen (secondary N) is 1. The Labute approximate surface area is 146 Å². The largest absolute Gasteiger partial charge is 0.478 e. The molecular formula is C16H9Cl2N3O3. The minimum absolute atomic E-state index is 0.0358. The molecular weight excluding hydrogens is 353 g/mol. The summed E-state index contributed by atoms with van der Waals surface area (Å²) < 4.78 is 0. The molecule has 24 heavy (non-hydrogen) atoms. The maximum Gasteiger partial charge on any atom is 0.335 e. The maximum absolute atomic E-state index is 12.2. The molecule has 2 N–H and O–H groups in total. The van der Waals surface area contributed by atoms with Crippen molar-refractivity contribution in [3.05, 3.63) is 63.6 Å². The molecule has 0 heterocycles. The average Bonchev–Trinajstić information content (AvgIpc) is 2.54. The van der Waals surface area contributed by atoms with Crippen molar-refractivity contribution in [1.29, 1.82) is 5.26 Å². The highest BCUT2D eigenvalue weighted by Crippen LogP contribution is 2.22. The first-order chi connectivity index (χ1) is 11.4. The molecule has 0 amide bonds. The van der Waals surface area contributed by atoms with Crippen LogP contribution in [0.25, 0.3) is 0 Å². The zero-order valence-corrected chi connectivity index (χ0v) is 13.5. The molecule has 2 aromatic rings. The summed E-state index contributed by atoms with van der Waals surface area (Å²) in [7, 11) is 0. The molecule has 0 aromatic heterocycles. The number of rotatable bonds is 5. The van der Waals surface area contributed by atoms with Gasteiger partial charge >= 0.3 is 5.97 Å². The minimum atomic E-state index is -1.11. The van der Waals surface area contributed by atoms with Crippen molar-refractivity contribution in [2.24, 2.45) is 5.10 Å². The summed E-state index contributed by atoms with van der Waals surface area (Å²) in [5.41, 5.74) is 2.74. The van der Waals surface area contributed by atoms with Crippen molar-refractivity contribution < 1.29 is 14.7 Å². The van der Waals surface area contributed by atoms with Gasteiger partial charge < -0.3 is 5.11 Å². The van der Waals surface area contributed by atoms with Gasteiger partial charge in [0.15, 0.2) is 0 Å². The normalized spacial score (nSPS) is 10.8. The quantitative estimate of drug-likeness (QED) is 0.478. The number of Topliss-reactive ketones (excluding diaryl/α,β-unsaturated/α-hetero) is 1. The molecule has 0 aliphatic rings. The molecule has 0 bridgehead atoms. The van der Waals surface area contributed by atoms with Gasteiger partial charge in [0.1, 0.15) is 6.07 Å². The standard InChI is InChI=1S/C16H9Cl2N3O3/c17-11-5-12(18)7-13(6-11)20-21-14(8-19)15(22)9-1-3-10(4-2-9)16(23)24/h1-7,20H,(H,23,24). The zero-order valence-electron chi connectivity index (χ0n) is 12.0. The molecule has 0 aliphatic heterocycles. The van der Waals surface area contributed by atoms with Crippen molar-refractivity contribution in [1.82, 2.24) is 0 Å². The SMILES string of the molecule is N#CC(=NNc1cc(Cl)cc(Cl)c1)C(=O)c1ccc(C(=O)O)cc1. The number of benzene rings is 2. The number of carbonyl (C=O) groups excluding carboxylic acids is 1. The van der Waals surface area contributed by atoms with E-state index in [1.54, 1.807) is 6.07 Å². The Kier molecular flexibility index (Phi) is 5.53. The molecule has 2 rings (SSSR count). The average molecular weight is 362 g/mol. The van der Waals surface area contributed by atoms with E-state index in [1.807, 2.05) is 0 Å². The highest BCUT2D eigenvalue weighted by Gasteiger charge is 2.15. The van der Waals surface area contributed by atoms with E-state index in [9.17, 15) is 9.59 Å². The number of carboxylic acids is 1. The Balaban J connectivity index is 2.22. The summed E-state index contributed by atoms with van der Waals surface area (Å²) in [6, 6.07) is 11.4. The van der Waals surface area contributed by atoms with Crippen molar-refractivity contribution in [3.63, 3.8) is 0 Å². The van der Waals surface area contributed by atoms with Crippen molar-refractivity contribution in [2.45, 2.75) is 0 Å². The first-order valence-electron chi connectivity index (χ1n) is 6.48. The van der Waals surface area contributed by atoms with E-state index in [1.165, 1.54) is 42.5 Å². The van der Waals surface area contributed by atoms with Crippen LogP contribution in [0.2, 0.25) is 10.0 Å². The van der Waals surface area contributed by atoms with Gasteiger partial charge in [-0.25, -0.2) is 4.79 Å². The summed E-state index contributed by atoms with van der Waals surface area (Å²) in [6.45, 7) is 0. The molecule has 0 unspecified atom stereocenters. The Morgan fingerprint density at radius 2 is 1.58 bits per heavy atom. The van der Waals surface area contributed by atoms with E-state index < -0.39 is 17.5 Å². The smallest absolute Gasteiger partial charge is 0.335 e. The maximum atomic E-state index is 12.2. The third kappa shape index (κ3) is 4.32. The number of hydrogen-bond donors (Lipinski definition) is 2. The van der Waals surface area contributed by atoms with Gasteiger partial charge in [-0.1, -0.05) is 35.3 Å². The summed E-state index contributed by atoms with van der Waals surface area (Å²) in [6.07, 6.45) is 0. The number of carboxylic acid groups (broad SMARTS) is 1. The minimum Gasteiger partial charge on any atom is -0.478 e. The lowest BCUT2D eigenvalue weighted by atomic mass is 10.1. The van der Waals surface area contributed by atoms with Crippen LogP contribution in [0, 0.1) is 11.3 Å². The van der Waals surface area contributed by atoms with Crippen LogP contribution >= 0.6 is 23.2 Å². The van der Waals surface area contributed by atoms with Gasteiger partial charge in [0.05, 0.1) is 11.3 Å². The Morgan fingerprint density at radius 3 is 2.08 bits per heavy atom. The monoisotopic (exact) mass is 361 g/mol. The van der Waals surface area contributed by atoms with Crippen LogP contribution in [0.15, 0.2) is 47.6 Å². The number of hydrazone groups is 1. The van der Waals surface area contributed by atoms with Crippen LogP contribution in [0.1, 0.15) is 20.7 Å². The fraction of sp³-hybridized carbons (Fsp3) is 0. The third-order valence-corrected chi connectivity index (χ3v) is 3.31. The van der Waals surface area contributed by atoms with Gasteiger partial charge in [0.2, 0.25) is 11.5 Å². The number of carbonyl (C=O) groups is 2. The Hall–Kier alpha value is -2.88. The fourth-order valence-corrected chi connectivity index (χ4v) is 2.29. The topological polar surface area (TPSA) is 103 Å². The van der Waals surface area contributed by atoms with E-state index in [0.717, 1.165) is 0 Å². The summed E-state index contributed by atoms with van der Waals surface area (Å²) in [5, 5.41) is 22.4. The van der Waals surface area contributed by atoms with Gasteiger partial charge in [-0.05, 0) is 30.3 Å². The number of anilines is 1. The number of ketones is 1. The fourth-order valence-electron chi connectivity index (χ4n) is 1.77. The lowest BCUT2D eigenvalue weighted by Crippen LogP contribution is -2.14. The summed E-state index contributed by atoms with van der Waals surface area (Å²) >= 11 is 11.7. The first kappa shape index (κ1) is 17.5. The first-order valence-corrected chi connectivity index (χ1v) is 7.24. The van der Waals surface area contributed by atoms with Crippen LogP contribution in [-0.4, -0.2) is 22.6 Å². The zero-order chi connectivity index (χ0) is 17.7. The van der Waals surface area contributed by atoms with Gasteiger partial charge in [0, 0.05) is 15.6 Å². The summed E-state index contributed by atoms with van der Waals surface area (Å²) in [4.78, 5) is 23.0. The van der Waals surface area contributed by atoms with Gasteiger partial charge in [0.25, 0.3) is 0 Å². The highest BCUT2D eigenvalue weighted by molar-refractivity contribution is 6.51. The number of halogens is 2. The van der Waals surface area contributed by atoms with E-state index in [0.29, 0.717) is 15.7 Å². The molecule has 0 saturated heterocycles. The van der Waals surface area contributed by atoms with Crippen LogP contribution < -0.4 is 5.43 Å². The lowest BCUT2D eigenvalue weighted by molar-refractivity contribution is 0.0696. The molecule has 0 aliphatic carbocycles. The molecule has 0 saturated carbocycles. The number of hydrogen-bond acceptors (Lipinski definition) is 5. The van der Waals surface area contributed by atoms with Crippen LogP contribution in [-0.2, 0) is 0 Å². The van der Waals surface area contributed by atoms with Crippen LogP contribution in [0.5, 0.6) is 0 Å². The predicted molar refractivity (Wildman–Crippen MR) is 90.9 cm³/mol. The van der Waals surface area contributed by atoms with Crippen molar-refractivity contribution >= 4 is 46.4 Å². The lowest BCUT2D eigenvalue weighted by Gasteiger charge is -2.03. The predicted octanol–water partition coefficient (Wildman–Crippen LogP) is 3.87. The second-order valence-corrected chi connectivity index (χ2v) is 5.43. The molecule has 6 nitrogen and oxygen atoms in total. The Morgan fingerprint density at radius 1 is 1.04 bits per heavy atom. The van der Waals surface area contributed by atoms with E-state index in [2.05, 4.69) is 10.5 Å². The van der Waals surface area contributed by atoms with Crippen molar-refractivity contribution in [3.8, 4) is 6.07 Å². The number of nitriles is 1. The van der Waals surface area contributed by atoms with Crippen molar-refractivity contribution in [2.75, 3.05) is 5.43 Å². The molecule has 8 heteroatoms. The van der Waals surface area contributed by atoms with Crippen LogP contribution in [0.3, 0.4) is 0 Å². The molecule has 0 fully saturated rings. The second-order valence-electron chi connectivity index (χ2n) is 4.55. The van der Waals surface area contributed by atoms with E-state index in [4.69, 9.17) is 33.6 Å². The summed E-state index contributed by atoms with van der Waals surface area (Å²) in [5.74, 6) is -1.75. The molecule has 0 atom stereocenters. The third-order valence-electron chi connectivity index (χ3n) is 2.87. The Bertz CT molecular complexity index is 851. The molecule has 0 radical (unpaired) electrons. The highest BCUT2D eigenvalue weighted by atomic mass is 35.5. The molecule has 120 valence electrons. The van der Waals surface area contributed by atoms with Gasteiger partial charge in [-0.15, -0.1) is 0 Å². The van der Waals surface area contributed by atoms with Gasteiger partial charge in [-0.3, -0.25) is 10.2 Å². The van der Waals surface area contributed by atoms with Crippen LogP contribution in [0.4, 0.5) is 5.69 Å². The number of aromatic carboxylic acids is 1. The van der Waals surface area contributed by atoms with E-state index in [-0.39, 0.29) is 11.1 Å². The van der Waals surface area contributed by atoms with E-state index >= 15 is 0 Å². The van der Waals surface area contributed by atoms with Gasteiger partial charge in [-0.2, -0.15) is 10.4 Å². The molecule has 2 aromatic carbocycles.